The lowest BCUT2D eigenvalue weighted by Gasteiger charge is -2.04. The molecule has 0 aromatic carbocycles. The Morgan fingerprint density at radius 1 is 1.56 bits per heavy atom. The van der Waals surface area contributed by atoms with Gasteiger partial charge in [0.1, 0.15) is 0 Å². The van der Waals surface area contributed by atoms with E-state index in [1.165, 1.54) is 6.07 Å². The van der Waals surface area contributed by atoms with Gasteiger partial charge in [0.05, 0.1) is 0 Å². The first-order chi connectivity index (χ1) is 7.63. The topological polar surface area (TPSA) is 75.1 Å². The number of anilines is 1. The molecule has 1 aromatic rings. The number of aromatic nitrogens is 2. The molecule has 0 atom stereocenters. The van der Waals surface area contributed by atoms with E-state index in [1.807, 2.05) is 19.1 Å². The van der Waals surface area contributed by atoms with Gasteiger partial charge in [-0.25, -0.2) is 14.8 Å². The quantitative estimate of drug-likeness (QED) is 0.586. The largest absolute Gasteiger partial charge is 0.477 e. The second-order valence-electron chi connectivity index (χ2n) is 3.31. The number of nitrogens with one attached hydrogen (secondary N) is 1. The summed E-state index contributed by atoms with van der Waals surface area (Å²) in [6.45, 7) is 4.38. The van der Waals surface area contributed by atoms with Gasteiger partial charge in [-0.2, -0.15) is 0 Å². The highest BCUT2D eigenvalue weighted by Gasteiger charge is 2.07. The van der Waals surface area contributed by atoms with Gasteiger partial charge >= 0.3 is 5.97 Å². The summed E-state index contributed by atoms with van der Waals surface area (Å²) in [6, 6.07) is 1.44. The fraction of sp³-hybridized carbons (Fsp3) is 0.364. The first kappa shape index (κ1) is 12.2. The number of carboxylic acids is 1. The van der Waals surface area contributed by atoms with E-state index in [1.54, 1.807) is 6.92 Å². The van der Waals surface area contributed by atoms with E-state index >= 15 is 0 Å². The Hall–Kier alpha value is -1.91. The maximum absolute atomic E-state index is 10.8. The Morgan fingerprint density at radius 3 is 2.94 bits per heavy atom. The zero-order valence-electron chi connectivity index (χ0n) is 9.40. The lowest BCUT2D eigenvalue weighted by molar-refractivity contribution is 0.0690. The average Bonchev–Trinajstić information content (AvgIpc) is 2.23. The van der Waals surface area contributed by atoms with Crippen molar-refractivity contribution in [2.75, 3.05) is 11.9 Å². The minimum absolute atomic E-state index is 0.0148. The predicted octanol–water partition coefficient (Wildman–Crippen LogP) is 1.86. The summed E-state index contributed by atoms with van der Waals surface area (Å²) in [5, 5.41) is 11.8. The molecule has 1 aromatic heterocycles. The highest BCUT2D eigenvalue weighted by molar-refractivity contribution is 5.85. The van der Waals surface area contributed by atoms with E-state index in [0.29, 0.717) is 18.2 Å². The Morgan fingerprint density at radius 2 is 2.31 bits per heavy atom. The molecule has 16 heavy (non-hydrogen) atoms. The third kappa shape index (κ3) is 3.68. The second kappa shape index (κ2) is 5.85. The van der Waals surface area contributed by atoms with Crippen LogP contribution >= 0.6 is 0 Å². The maximum Gasteiger partial charge on any atom is 0.354 e. The SMILES string of the molecule is C/C=C/CCNc1nc(C)cc(C(=O)O)n1. The minimum Gasteiger partial charge on any atom is -0.477 e. The molecule has 1 heterocycles. The van der Waals surface area contributed by atoms with E-state index in [-0.39, 0.29) is 5.69 Å². The minimum atomic E-state index is -1.04. The number of rotatable bonds is 5. The van der Waals surface area contributed by atoms with Gasteiger partial charge in [-0.3, -0.25) is 0 Å². The fourth-order valence-corrected chi connectivity index (χ4v) is 1.19. The van der Waals surface area contributed by atoms with Crippen LogP contribution in [0.5, 0.6) is 0 Å². The lowest BCUT2D eigenvalue weighted by atomic mass is 10.3. The molecule has 0 radical (unpaired) electrons. The molecule has 0 bridgehead atoms. The predicted molar refractivity (Wildman–Crippen MR) is 61.6 cm³/mol. The number of hydrogen-bond donors (Lipinski definition) is 2. The molecule has 0 unspecified atom stereocenters. The molecule has 5 nitrogen and oxygen atoms in total. The molecular formula is C11H15N3O2. The van der Waals surface area contributed by atoms with Gasteiger partial charge in [0.15, 0.2) is 5.69 Å². The summed E-state index contributed by atoms with van der Waals surface area (Å²) < 4.78 is 0. The molecule has 0 saturated heterocycles. The summed E-state index contributed by atoms with van der Waals surface area (Å²) in [6.07, 6.45) is 4.83. The molecular weight excluding hydrogens is 206 g/mol. The third-order valence-corrected chi connectivity index (χ3v) is 1.90. The Bertz CT molecular complexity index is 402. The van der Waals surface area contributed by atoms with Crippen LogP contribution in [0, 0.1) is 6.92 Å². The number of aryl methyl sites for hydroxylation is 1. The van der Waals surface area contributed by atoms with Crippen molar-refractivity contribution < 1.29 is 9.90 Å². The van der Waals surface area contributed by atoms with Crippen LogP contribution in [0.2, 0.25) is 0 Å². The molecule has 2 N–H and O–H groups in total. The van der Waals surface area contributed by atoms with Crippen molar-refractivity contribution in [3.63, 3.8) is 0 Å². The fourth-order valence-electron chi connectivity index (χ4n) is 1.19. The number of hydrogen-bond acceptors (Lipinski definition) is 4. The van der Waals surface area contributed by atoms with Crippen LogP contribution in [0.4, 0.5) is 5.95 Å². The van der Waals surface area contributed by atoms with Crippen LogP contribution in [-0.2, 0) is 0 Å². The van der Waals surface area contributed by atoms with Gasteiger partial charge in [0.25, 0.3) is 0 Å². The molecule has 5 heteroatoms. The van der Waals surface area contributed by atoms with Gasteiger partial charge in [-0.1, -0.05) is 12.2 Å². The Balaban J connectivity index is 2.69. The van der Waals surface area contributed by atoms with Crippen LogP contribution in [0.1, 0.15) is 29.5 Å². The number of carbonyl (C=O) groups is 1. The smallest absolute Gasteiger partial charge is 0.354 e. The van der Waals surface area contributed by atoms with Crippen LogP contribution < -0.4 is 5.32 Å². The van der Waals surface area contributed by atoms with Gasteiger partial charge in [-0.05, 0) is 26.3 Å². The summed E-state index contributed by atoms with van der Waals surface area (Å²) in [7, 11) is 0. The average molecular weight is 221 g/mol. The highest BCUT2D eigenvalue weighted by atomic mass is 16.4. The van der Waals surface area contributed by atoms with E-state index in [9.17, 15) is 4.79 Å². The van der Waals surface area contributed by atoms with Crippen molar-refractivity contribution in [1.29, 1.82) is 0 Å². The summed E-state index contributed by atoms with van der Waals surface area (Å²) in [4.78, 5) is 18.7. The lowest BCUT2D eigenvalue weighted by Crippen LogP contribution is -2.09. The molecule has 86 valence electrons. The van der Waals surface area contributed by atoms with Crippen LogP contribution in [0.3, 0.4) is 0 Å². The van der Waals surface area contributed by atoms with Crippen molar-refractivity contribution in [3.05, 3.63) is 29.6 Å². The zero-order valence-corrected chi connectivity index (χ0v) is 9.40. The normalized spacial score (nSPS) is 10.6. The number of allylic oxidation sites excluding steroid dienone is 1. The zero-order chi connectivity index (χ0) is 12.0. The highest BCUT2D eigenvalue weighted by Crippen LogP contribution is 2.04. The molecule has 0 aliphatic heterocycles. The van der Waals surface area contributed by atoms with Crippen LogP contribution in [0.15, 0.2) is 18.2 Å². The number of carboxylic acid groups (broad SMARTS) is 1. The van der Waals surface area contributed by atoms with Gasteiger partial charge in [-0.15, -0.1) is 0 Å². The molecule has 0 saturated carbocycles. The third-order valence-electron chi connectivity index (χ3n) is 1.90. The standard InChI is InChI=1S/C11H15N3O2/c1-3-4-5-6-12-11-13-8(2)7-9(14-11)10(15)16/h3-4,7H,5-6H2,1-2H3,(H,15,16)(H,12,13,14)/b4-3+. The molecule has 0 spiro atoms. The van der Waals surface area contributed by atoms with E-state index in [2.05, 4.69) is 15.3 Å². The molecule has 1 rings (SSSR count). The van der Waals surface area contributed by atoms with E-state index < -0.39 is 5.97 Å². The second-order valence-corrected chi connectivity index (χ2v) is 3.31. The molecule has 0 aliphatic rings. The van der Waals surface area contributed by atoms with Crippen molar-refractivity contribution in [2.45, 2.75) is 20.3 Å². The number of nitrogens with zero attached hydrogens (tertiary/aromatic N) is 2. The summed E-state index contributed by atoms with van der Waals surface area (Å²) in [5.41, 5.74) is 0.655. The Kier molecular flexibility index (Phi) is 4.44. The Labute approximate surface area is 94.2 Å². The van der Waals surface area contributed by atoms with Crippen molar-refractivity contribution >= 4 is 11.9 Å². The van der Waals surface area contributed by atoms with Crippen molar-refractivity contribution in [1.82, 2.24) is 9.97 Å². The molecule has 0 fully saturated rings. The van der Waals surface area contributed by atoms with Gasteiger partial charge in [0.2, 0.25) is 5.95 Å². The van der Waals surface area contributed by atoms with E-state index in [4.69, 9.17) is 5.11 Å². The van der Waals surface area contributed by atoms with Crippen LogP contribution in [0.25, 0.3) is 0 Å². The first-order valence-corrected chi connectivity index (χ1v) is 5.07. The van der Waals surface area contributed by atoms with E-state index in [0.717, 1.165) is 6.42 Å². The monoisotopic (exact) mass is 221 g/mol. The summed E-state index contributed by atoms with van der Waals surface area (Å²) >= 11 is 0. The van der Waals surface area contributed by atoms with Crippen molar-refractivity contribution in [2.24, 2.45) is 0 Å². The summed E-state index contributed by atoms with van der Waals surface area (Å²) in [5.74, 6) is -0.677. The van der Waals surface area contributed by atoms with Gasteiger partial charge in [0, 0.05) is 12.2 Å². The van der Waals surface area contributed by atoms with Gasteiger partial charge < -0.3 is 10.4 Å². The first-order valence-electron chi connectivity index (χ1n) is 5.07. The molecule has 0 amide bonds. The molecule has 0 aliphatic carbocycles. The number of aromatic carboxylic acids is 1. The maximum atomic E-state index is 10.8. The van der Waals surface area contributed by atoms with Crippen LogP contribution in [-0.4, -0.2) is 27.6 Å². The van der Waals surface area contributed by atoms with Crippen molar-refractivity contribution in [3.8, 4) is 0 Å².